The maximum absolute atomic E-state index is 11.8. The summed E-state index contributed by atoms with van der Waals surface area (Å²) in [5.74, 6) is 2.96. The number of amides is 1. The number of anilines is 1. The highest BCUT2D eigenvalue weighted by Crippen LogP contribution is 2.27. The first-order valence-corrected chi connectivity index (χ1v) is 8.31. The fourth-order valence-electron chi connectivity index (χ4n) is 2.48. The number of nitrogens with one attached hydrogen (secondary N) is 1. The lowest BCUT2D eigenvalue weighted by Crippen LogP contribution is -2.12. The van der Waals surface area contributed by atoms with E-state index in [0.717, 1.165) is 11.7 Å². The molecular formula is C16H20N2OS. The highest BCUT2D eigenvalue weighted by Gasteiger charge is 2.14. The third kappa shape index (κ3) is 4.90. The number of carbonyl (C=O) groups is 1. The van der Waals surface area contributed by atoms with Crippen molar-refractivity contribution in [2.45, 2.75) is 32.1 Å². The zero-order valence-electron chi connectivity index (χ0n) is 11.6. The number of carbonyl (C=O) groups excluding carboxylic acids is 1. The van der Waals surface area contributed by atoms with E-state index in [2.05, 4.69) is 11.4 Å². The van der Waals surface area contributed by atoms with E-state index in [0.29, 0.717) is 17.7 Å². The van der Waals surface area contributed by atoms with Crippen LogP contribution in [0.4, 0.5) is 5.69 Å². The quantitative estimate of drug-likeness (QED) is 0.810. The molecule has 1 fully saturated rings. The minimum atomic E-state index is 0.0269. The Kier molecular flexibility index (Phi) is 5.94. The fourth-order valence-corrected chi connectivity index (χ4v) is 3.64. The Bertz CT molecular complexity index is 489. The summed E-state index contributed by atoms with van der Waals surface area (Å²) in [6.07, 6.45) is 6.01. The smallest absolute Gasteiger partial charge is 0.225 e. The molecule has 2 rings (SSSR count). The van der Waals surface area contributed by atoms with Crippen molar-refractivity contribution in [3.8, 4) is 6.07 Å². The molecule has 1 aromatic carbocycles. The zero-order chi connectivity index (χ0) is 14.2. The van der Waals surface area contributed by atoms with E-state index in [1.165, 1.54) is 31.4 Å². The van der Waals surface area contributed by atoms with Gasteiger partial charge in [0.25, 0.3) is 0 Å². The Hall–Kier alpha value is -1.47. The molecule has 0 unspecified atom stereocenters. The van der Waals surface area contributed by atoms with Crippen LogP contribution in [0.1, 0.15) is 37.7 Å². The lowest BCUT2D eigenvalue weighted by molar-refractivity contribution is -0.115. The Morgan fingerprint density at radius 2 is 2.20 bits per heavy atom. The average molecular weight is 288 g/mol. The lowest BCUT2D eigenvalue weighted by atomic mass is 10.1. The third-order valence-corrected chi connectivity index (χ3v) is 4.78. The number of benzene rings is 1. The Morgan fingerprint density at radius 1 is 1.40 bits per heavy atom. The van der Waals surface area contributed by atoms with Gasteiger partial charge in [-0.15, -0.1) is 0 Å². The molecule has 0 bridgehead atoms. The van der Waals surface area contributed by atoms with E-state index in [1.54, 1.807) is 18.2 Å². The molecule has 0 saturated heterocycles. The summed E-state index contributed by atoms with van der Waals surface area (Å²) in [5.41, 5.74) is 1.27. The molecule has 106 valence electrons. The third-order valence-electron chi connectivity index (χ3n) is 3.58. The van der Waals surface area contributed by atoms with Gasteiger partial charge in [0, 0.05) is 17.9 Å². The molecule has 0 aromatic heterocycles. The van der Waals surface area contributed by atoms with Gasteiger partial charge in [-0.05, 0) is 42.7 Å². The zero-order valence-corrected chi connectivity index (χ0v) is 12.4. The molecule has 1 aliphatic carbocycles. The minimum absolute atomic E-state index is 0.0269. The van der Waals surface area contributed by atoms with Crippen molar-refractivity contribution in [2.24, 2.45) is 5.92 Å². The van der Waals surface area contributed by atoms with Crippen molar-refractivity contribution in [1.29, 1.82) is 5.26 Å². The van der Waals surface area contributed by atoms with E-state index in [1.807, 2.05) is 17.8 Å². The summed E-state index contributed by atoms with van der Waals surface area (Å²) < 4.78 is 0. The van der Waals surface area contributed by atoms with Crippen molar-refractivity contribution in [1.82, 2.24) is 0 Å². The molecule has 4 heteroatoms. The van der Waals surface area contributed by atoms with Crippen LogP contribution in [0.15, 0.2) is 24.3 Å². The van der Waals surface area contributed by atoms with Crippen molar-refractivity contribution in [3.05, 3.63) is 29.8 Å². The standard InChI is InChI=1S/C16H20N2OS/c17-11-14-6-3-7-15(10-14)18-16(19)8-9-20-12-13-4-1-2-5-13/h3,6-7,10,13H,1-2,4-5,8-9,12H2,(H,18,19). The van der Waals surface area contributed by atoms with Gasteiger partial charge >= 0.3 is 0 Å². The summed E-state index contributed by atoms with van der Waals surface area (Å²) in [4.78, 5) is 11.8. The van der Waals surface area contributed by atoms with E-state index >= 15 is 0 Å². The number of hydrogen-bond acceptors (Lipinski definition) is 3. The van der Waals surface area contributed by atoms with Crippen LogP contribution in [0, 0.1) is 17.2 Å². The molecule has 1 aliphatic rings. The molecule has 3 nitrogen and oxygen atoms in total. The van der Waals surface area contributed by atoms with Crippen LogP contribution < -0.4 is 5.32 Å². The molecule has 0 radical (unpaired) electrons. The predicted octanol–water partition coefficient (Wildman–Crippen LogP) is 3.81. The number of nitriles is 1. The van der Waals surface area contributed by atoms with E-state index in [-0.39, 0.29) is 5.91 Å². The van der Waals surface area contributed by atoms with Crippen molar-refractivity contribution < 1.29 is 4.79 Å². The van der Waals surface area contributed by atoms with Crippen LogP contribution in [0.2, 0.25) is 0 Å². The predicted molar refractivity (Wildman–Crippen MR) is 83.7 cm³/mol. The van der Waals surface area contributed by atoms with Crippen LogP contribution >= 0.6 is 11.8 Å². The Labute approximate surface area is 124 Å². The monoisotopic (exact) mass is 288 g/mol. The summed E-state index contributed by atoms with van der Waals surface area (Å²) in [6.45, 7) is 0. The topological polar surface area (TPSA) is 52.9 Å². The lowest BCUT2D eigenvalue weighted by Gasteiger charge is -2.08. The maximum atomic E-state index is 11.8. The SMILES string of the molecule is N#Cc1cccc(NC(=O)CCSCC2CCCC2)c1. The van der Waals surface area contributed by atoms with Crippen LogP contribution in [-0.4, -0.2) is 17.4 Å². The largest absolute Gasteiger partial charge is 0.326 e. The number of hydrogen-bond donors (Lipinski definition) is 1. The van der Waals surface area contributed by atoms with Gasteiger partial charge in [0.15, 0.2) is 0 Å². The maximum Gasteiger partial charge on any atom is 0.225 e. The van der Waals surface area contributed by atoms with E-state index in [9.17, 15) is 4.79 Å². The van der Waals surface area contributed by atoms with Gasteiger partial charge in [0.2, 0.25) is 5.91 Å². The second-order valence-electron chi connectivity index (χ2n) is 5.22. The first-order chi connectivity index (χ1) is 9.78. The molecule has 1 N–H and O–H groups in total. The second kappa shape index (κ2) is 7.96. The average Bonchev–Trinajstić information content (AvgIpc) is 2.97. The highest BCUT2D eigenvalue weighted by molar-refractivity contribution is 7.99. The van der Waals surface area contributed by atoms with E-state index < -0.39 is 0 Å². The van der Waals surface area contributed by atoms with Gasteiger partial charge < -0.3 is 5.32 Å². The minimum Gasteiger partial charge on any atom is -0.326 e. The molecule has 20 heavy (non-hydrogen) atoms. The molecule has 1 saturated carbocycles. The van der Waals surface area contributed by atoms with Gasteiger partial charge in [-0.1, -0.05) is 18.9 Å². The first kappa shape index (κ1) is 14.9. The second-order valence-corrected chi connectivity index (χ2v) is 6.37. The number of rotatable bonds is 6. The van der Waals surface area contributed by atoms with Crippen LogP contribution in [0.3, 0.4) is 0 Å². The molecule has 1 amide bonds. The molecule has 0 spiro atoms. The fraction of sp³-hybridized carbons (Fsp3) is 0.500. The Balaban J connectivity index is 1.65. The van der Waals surface area contributed by atoms with Crippen molar-refractivity contribution in [2.75, 3.05) is 16.8 Å². The van der Waals surface area contributed by atoms with Crippen LogP contribution in [0.5, 0.6) is 0 Å². The van der Waals surface area contributed by atoms with Crippen molar-refractivity contribution >= 4 is 23.4 Å². The molecule has 0 heterocycles. The first-order valence-electron chi connectivity index (χ1n) is 7.15. The van der Waals surface area contributed by atoms with Gasteiger partial charge in [-0.3, -0.25) is 4.79 Å². The van der Waals surface area contributed by atoms with Crippen LogP contribution in [0.25, 0.3) is 0 Å². The summed E-state index contributed by atoms with van der Waals surface area (Å²) >= 11 is 1.88. The summed E-state index contributed by atoms with van der Waals surface area (Å²) in [7, 11) is 0. The number of nitrogens with zero attached hydrogens (tertiary/aromatic N) is 1. The number of thioether (sulfide) groups is 1. The van der Waals surface area contributed by atoms with E-state index in [4.69, 9.17) is 5.26 Å². The van der Waals surface area contributed by atoms with Gasteiger partial charge in [-0.2, -0.15) is 17.0 Å². The van der Waals surface area contributed by atoms with Gasteiger partial charge in [-0.25, -0.2) is 0 Å². The Morgan fingerprint density at radius 3 is 2.95 bits per heavy atom. The van der Waals surface area contributed by atoms with Crippen LogP contribution in [-0.2, 0) is 4.79 Å². The molecule has 0 aliphatic heterocycles. The van der Waals surface area contributed by atoms with Gasteiger partial charge in [0.1, 0.15) is 0 Å². The van der Waals surface area contributed by atoms with Crippen molar-refractivity contribution in [3.63, 3.8) is 0 Å². The summed E-state index contributed by atoms with van der Waals surface area (Å²) in [5, 5.41) is 11.6. The molecule has 1 aromatic rings. The molecular weight excluding hydrogens is 268 g/mol. The normalized spacial score (nSPS) is 14.9. The molecule has 0 atom stereocenters. The highest BCUT2D eigenvalue weighted by atomic mass is 32.2. The summed E-state index contributed by atoms with van der Waals surface area (Å²) in [6, 6.07) is 9.09. The van der Waals surface area contributed by atoms with Gasteiger partial charge in [0.05, 0.1) is 11.6 Å².